The van der Waals surface area contributed by atoms with Crippen LogP contribution >= 0.6 is 15.9 Å². The van der Waals surface area contributed by atoms with Gasteiger partial charge in [-0.25, -0.2) is 9.78 Å². The fraction of sp³-hybridized carbons (Fsp3) is 0.0800. The lowest BCUT2D eigenvalue weighted by Gasteiger charge is -2.14. The topological polar surface area (TPSA) is 65.5 Å². The highest BCUT2D eigenvalue weighted by Gasteiger charge is 2.17. The van der Waals surface area contributed by atoms with E-state index in [1.54, 1.807) is 61.8 Å². The molecule has 0 aliphatic carbocycles. The maximum absolute atomic E-state index is 12.7. The normalized spacial score (nSPS) is 10.6. The molecule has 1 aromatic heterocycles. The molecular weight excluding hydrogens is 458 g/mol. The maximum atomic E-state index is 12.7. The number of alkyl halides is 1. The van der Waals surface area contributed by atoms with Gasteiger partial charge in [0.2, 0.25) is 5.88 Å². The summed E-state index contributed by atoms with van der Waals surface area (Å²) in [4.78, 5) is 29.1. The lowest BCUT2D eigenvalue weighted by Crippen LogP contribution is -2.08. The molecule has 4 rings (SSSR count). The molecular formula is C25H18BrNO4. The average molecular weight is 476 g/mol. The molecule has 4 aromatic rings. The zero-order chi connectivity index (χ0) is 21.8. The van der Waals surface area contributed by atoms with Crippen molar-refractivity contribution in [2.45, 2.75) is 0 Å². The van der Waals surface area contributed by atoms with Crippen molar-refractivity contribution in [1.82, 2.24) is 4.98 Å². The van der Waals surface area contributed by atoms with Crippen LogP contribution in [0.3, 0.4) is 0 Å². The standard InChI is InChI=1S/C25H18BrNO4/c1-30-24-19-8-5-9-22(31-25(29)18-6-3-2-4-7-18)23(19)20(15-27-24)16-10-12-17(13-11-16)21(28)14-26/h2-13,15H,14H2,1H3. The number of rotatable bonds is 6. The van der Waals surface area contributed by atoms with Gasteiger partial charge >= 0.3 is 5.97 Å². The number of nitrogens with zero attached hydrogens (tertiary/aromatic N) is 1. The van der Waals surface area contributed by atoms with E-state index >= 15 is 0 Å². The Hall–Kier alpha value is -3.51. The lowest BCUT2D eigenvalue weighted by atomic mass is 9.98. The van der Waals surface area contributed by atoms with Gasteiger partial charge in [0.25, 0.3) is 0 Å². The van der Waals surface area contributed by atoms with Gasteiger partial charge in [0, 0.05) is 28.1 Å². The monoisotopic (exact) mass is 475 g/mol. The van der Waals surface area contributed by atoms with Gasteiger partial charge in [-0.1, -0.05) is 64.5 Å². The first-order valence-electron chi connectivity index (χ1n) is 9.55. The second-order valence-electron chi connectivity index (χ2n) is 6.75. The molecule has 5 nitrogen and oxygen atoms in total. The van der Waals surface area contributed by atoms with Crippen LogP contribution < -0.4 is 9.47 Å². The fourth-order valence-corrected chi connectivity index (χ4v) is 3.68. The predicted molar refractivity (Wildman–Crippen MR) is 123 cm³/mol. The molecule has 6 heteroatoms. The Kier molecular flexibility index (Phi) is 6.09. The van der Waals surface area contributed by atoms with Crippen LogP contribution in [-0.2, 0) is 0 Å². The Labute approximate surface area is 187 Å². The van der Waals surface area contributed by atoms with Crippen molar-refractivity contribution in [2.75, 3.05) is 12.4 Å². The van der Waals surface area contributed by atoms with E-state index in [1.165, 1.54) is 0 Å². The molecule has 0 aliphatic heterocycles. The minimum absolute atomic E-state index is 0.00161. The van der Waals surface area contributed by atoms with Gasteiger partial charge in [0.05, 0.1) is 18.0 Å². The summed E-state index contributed by atoms with van der Waals surface area (Å²) in [7, 11) is 1.55. The van der Waals surface area contributed by atoms with Gasteiger partial charge in [0.15, 0.2) is 5.78 Å². The molecule has 0 bridgehead atoms. The summed E-state index contributed by atoms with van der Waals surface area (Å²) in [6.45, 7) is 0. The summed E-state index contributed by atoms with van der Waals surface area (Å²) in [6, 6.07) is 21.5. The van der Waals surface area contributed by atoms with E-state index in [0.29, 0.717) is 28.1 Å². The Morgan fingerprint density at radius 3 is 2.32 bits per heavy atom. The summed E-state index contributed by atoms with van der Waals surface area (Å²) in [5, 5.41) is 1.69. The van der Waals surface area contributed by atoms with Crippen LogP contribution in [0.5, 0.6) is 11.6 Å². The Bertz CT molecular complexity index is 1250. The van der Waals surface area contributed by atoms with Crippen molar-refractivity contribution in [3.8, 4) is 22.8 Å². The molecule has 0 N–H and O–H groups in total. The second-order valence-corrected chi connectivity index (χ2v) is 7.31. The van der Waals surface area contributed by atoms with Gasteiger partial charge in [-0.3, -0.25) is 4.79 Å². The van der Waals surface area contributed by atoms with Gasteiger partial charge in [-0.2, -0.15) is 0 Å². The Morgan fingerprint density at radius 2 is 1.65 bits per heavy atom. The number of halogens is 1. The molecule has 0 saturated carbocycles. The fourth-order valence-electron chi connectivity index (χ4n) is 3.36. The SMILES string of the molecule is COc1ncc(-c2ccc(C(=O)CBr)cc2)c2c(OC(=O)c3ccccc3)cccc12. The highest BCUT2D eigenvalue weighted by atomic mass is 79.9. The van der Waals surface area contributed by atoms with Crippen LogP contribution in [0.2, 0.25) is 0 Å². The molecule has 0 spiro atoms. The molecule has 0 aliphatic rings. The molecule has 0 saturated heterocycles. The zero-order valence-corrected chi connectivity index (χ0v) is 18.3. The smallest absolute Gasteiger partial charge is 0.343 e. The maximum Gasteiger partial charge on any atom is 0.343 e. The number of hydrogen-bond donors (Lipinski definition) is 0. The molecule has 31 heavy (non-hydrogen) atoms. The highest BCUT2D eigenvalue weighted by molar-refractivity contribution is 9.09. The van der Waals surface area contributed by atoms with Crippen molar-refractivity contribution in [3.63, 3.8) is 0 Å². The summed E-state index contributed by atoms with van der Waals surface area (Å²) in [5.41, 5.74) is 2.68. The Balaban J connectivity index is 1.84. The highest BCUT2D eigenvalue weighted by Crippen LogP contribution is 2.39. The number of ether oxygens (including phenoxy) is 2. The molecule has 0 radical (unpaired) electrons. The molecule has 0 fully saturated rings. The van der Waals surface area contributed by atoms with Crippen LogP contribution in [0, 0.1) is 0 Å². The van der Waals surface area contributed by atoms with Gasteiger partial charge in [-0.15, -0.1) is 0 Å². The molecule has 1 heterocycles. The minimum Gasteiger partial charge on any atom is -0.481 e. The van der Waals surface area contributed by atoms with Gasteiger partial charge in [-0.05, 0) is 29.8 Å². The number of pyridine rings is 1. The van der Waals surface area contributed by atoms with E-state index in [1.807, 2.05) is 24.3 Å². The Morgan fingerprint density at radius 1 is 0.903 bits per heavy atom. The number of methoxy groups -OCH3 is 1. The third-order valence-electron chi connectivity index (χ3n) is 4.88. The van der Waals surface area contributed by atoms with Gasteiger partial charge < -0.3 is 9.47 Å². The number of carbonyl (C=O) groups is 2. The van der Waals surface area contributed by atoms with Crippen LogP contribution in [0.25, 0.3) is 21.9 Å². The number of carbonyl (C=O) groups excluding carboxylic acids is 2. The van der Waals surface area contributed by atoms with Crippen molar-refractivity contribution in [2.24, 2.45) is 0 Å². The van der Waals surface area contributed by atoms with E-state index in [2.05, 4.69) is 20.9 Å². The molecule has 0 unspecified atom stereocenters. The number of ketones is 1. The van der Waals surface area contributed by atoms with E-state index in [9.17, 15) is 9.59 Å². The molecule has 0 amide bonds. The minimum atomic E-state index is -0.451. The third-order valence-corrected chi connectivity index (χ3v) is 5.39. The molecule has 3 aromatic carbocycles. The zero-order valence-electron chi connectivity index (χ0n) is 16.7. The summed E-state index contributed by atoms with van der Waals surface area (Å²) in [5.74, 6) is 0.389. The lowest BCUT2D eigenvalue weighted by molar-refractivity contribution is 0.0737. The van der Waals surface area contributed by atoms with Crippen molar-refractivity contribution < 1.29 is 19.1 Å². The first-order chi connectivity index (χ1) is 15.1. The summed E-state index contributed by atoms with van der Waals surface area (Å²) in [6.07, 6.45) is 1.68. The van der Waals surface area contributed by atoms with Crippen LogP contribution in [0.1, 0.15) is 20.7 Å². The van der Waals surface area contributed by atoms with Crippen molar-refractivity contribution in [3.05, 3.63) is 90.1 Å². The number of fused-ring (bicyclic) bond motifs is 1. The molecule has 0 atom stereocenters. The number of Topliss-reactive ketones (excluding diaryl/α,β-unsaturated/α-hetero) is 1. The summed E-state index contributed by atoms with van der Waals surface area (Å²) < 4.78 is 11.2. The predicted octanol–water partition coefficient (Wildman–Crippen LogP) is 5.71. The van der Waals surface area contributed by atoms with Crippen molar-refractivity contribution in [1.29, 1.82) is 0 Å². The van der Waals surface area contributed by atoms with E-state index < -0.39 is 5.97 Å². The largest absolute Gasteiger partial charge is 0.481 e. The summed E-state index contributed by atoms with van der Waals surface area (Å²) >= 11 is 3.19. The quantitative estimate of drug-likeness (QED) is 0.154. The van der Waals surface area contributed by atoms with Crippen LogP contribution in [-0.4, -0.2) is 29.2 Å². The first kappa shape index (κ1) is 20.8. The van der Waals surface area contributed by atoms with Crippen molar-refractivity contribution >= 4 is 38.5 Å². The van der Waals surface area contributed by atoms with Gasteiger partial charge in [0.1, 0.15) is 5.75 Å². The third kappa shape index (κ3) is 4.20. The van der Waals surface area contributed by atoms with Crippen LogP contribution in [0.4, 0.5) is 0 Å². The average Bonchev–Trinajstić information content (AvgIpc) is 2.83. The second kappa shape index (κ2) is 9.10. The molecule has 154 valence electrons. The van der Waals surface area contributed by atoms with E-state index in [0.717, 1.165) is 16.5 Å². The van der Waals surface area contributed by atoms with E-state index in [-0.39, 0.29) is 11.1 Å². The van der Waals surface area contributed by atoms with Crippen LogP contribution in [0.15, 0.2) is 79.0 Å². The number of benzene rings is 3. The van der Waals surface area contributed by atoms with E-state index in [4.69, 9.17) is 9.47 Å². The first-order valence-corrected chi connectivity index (χ1v) is 10.7. The number of hydrogen-bond acceptors (Lipinski definition) is 5. The number of esters is 1. The number of aromatic nitrogens is 1.